The molecule has 2 aromatic rings. The van der Waals surface area contributed by atoms with Gasteiger partial charge < -0.3 is 5.73 Å². The Morgan fingerprint density at radius 1 is 1.15 bits per heavy atom. The van der Waals surface area contributed by atoms with Crippen LogP contribution in [0.3, 0.4) is 0 Å². The van der Waals surface area contributed by atoms with Gasteiger partial charge in [-0.15, -0.1) is 0 Å². The predicted octanol–water partition coefficient (Wildman–Crippen LogP) is 1.40. The predicted molar refractivity (Wildman–Crippen MR) is 99.5 cm³/mol. The fourth-order valence-corrected chi connectivity index (χ4v) is 2.44. The molecule has 0 saturated carbocycles. The van der Waals surface area contributed by atoms with Crippen molar-refractivity contribution in [2.24, 2.45) is 14.1 Å². The fourth-order valence-electron chi connectivity index (χ4n) is 2.44. The fraction of sp³-hybridized carbons (Fsp3) is 0.158. The standard InChI is InChI=1S/C19H18N4O3/c1-12(9-13-7-5-4-6-8-13)10-14(11-20)16(24)15-17(21)22(2)19(26)23(3)18(15)25/h4-10H,21H2,1-3H3/b12-9+,14-10+. The molecule has 0 unspecified atom stereocenters. The smallest absolute Gasteiger partial charge is 0.332 e. The summed E-state index contributed by atoms with van der Waals surface area (Å²) in [5.41, 5.74) is 5.23. The Kier molecular flexibility index (Phi) is 5.38. The molecule has 0 spiro atoms. The zero-order valence-corrected chi connectivity index (χ0v) is 14.7. The zero-order chi connectivity index (χ0) is 19.4. The van der Waals surface area contributed by atoms with Crippen LogP contribution in [0.1, 0.15) is 22.8 Å². The Morgan fingerprint density at radius 2 is 1.77 bits per heavy atom. The minimum atomic E-state index is -0.832. The number of Topliss-reactive ketones (excluding diaryl/α,β-unsaturated/α-hetero) is 1. The van der Waals surface area contributed by atoms with Gasteiger partial charge in [0.2, 0.25) is 5.78 Å². The van der Waals surface area contributed by atoms with Crippen molar-refractivity contribution in [2.75, 3.05) is 5.73 Å². The molecule has 132 valence electrons. The first-order valence-corrected chi connectivity index (χ1v) is 7.73. The summed E-state index contributed by atoms with van der Waals surface area (Å²) in [5.74, 6) is -1.09. The second-order valence-corrected chi connectivity index (χ2v) is 5.76. The molecule has 7 heteroatoms. The number of nitrogens with zero attached hydrogens (tertiary/aromatic N) is 3. The van der Waals surface area contributed by atoms with Crippen LogP contribution in [0.25, 0.3) is 6.08 Å². The van der Waals surface area contributed by atoms with Crippen molar-refractivity contribution in [3.05, 3.63) is 79.5 Å². The van der Waals surface area contributed by atoms with Crippen LogP contribution in [-0.4, -0.2) is 14.9 Å². The number of nitrogen functional groups attached to an aromatic ring is 1. The molecule has 0 radical (unpaired) electrons. The lowest BCUT2D eigenvalue weighted by Gasteiger charge is -2.10. The number of benzene rings is 1. The maximum Gasteiger partial charge on any atom is 0.332 e. The first kappa shape index (κ1) is 18.7. The van der Waals surface area contributed by atoms with Crippen LogP contribution in [0, 0.1) is 11.3 Å². The molecule has 0 amide bonds. The summed E-state index contributed by atoms with van der Waals surface area (Å²) in [6.07, 6.45) is 3.19. The van der Waals surface area contributed by atoms with E-state index in [1.54, 1.807) is 19.1 Å². The first-order chi connectivity index (χ1) is 12.3. The number of hydrogen-bond acceptors (Lipinski definition) is 5. The van der Waals surface area contributed by atoms with Crippen LogP contribution in [0.15, 0.2) is 57.1 Å². The van der Waals surface area contributed by atoms with Crippen molar-refractivity contribution < 1.29 is 4.79 Å². The van der Waals surface area contributed by atoms with E-state index < -0.39 is 22.6 Å². The van der Waals surface area contributed by atoms with Crippen LogP contribution < -0.4 is 17.0 Å². The van der Waals surface area contributed by atoms with Gasteiger partial charge in [0.15, 0.2) is 0 Å². The highest BCUT2D eigenvalue weighted by atomic mass is 16.2. The van der Waals surface area contributed by atoms with Crippen LogP contribution in [-0.2, 0) is 14.1 Å². The molecule has 2 rings (SSSR count). The molecule has 0 bridgehead atoms. The van der Waals surface area contributed by atoms with Gasteiger partial charge in [-0.05, 0) is 24.1 Å². The van der Waals surface area contributed by atoms with Crippen molar-refractivity contribution in [3.8, 4) is 6.07 Å². The number of allylic oxidation sites excluding steroid dienone is 3. The Labute approximate surface area is 149 Å². The lowest BCUT2D eigenvalue weighted by atomic mass is 10.0. The third-order valence-corrected chi connectivity index (χ3v) is 3.87. The number of ketones is 1. The summed E-state index contributed by atoms with van der Waals surface area (Å²) in [7, 11) is 2.60. The molecule has 2 N–H and O–H groups in total. The minimum Gasteiger partial charge on any atom is -0.384 e. The minimum absolute atomic E-state index is 0.239. The molecular weight excluding hydrogens is 332 g/mol. The number of hydrogen-bond donors (Lipinski definition) is 1. The first-order valence-electron chi connectivity index (χ1n) is 7.73. The van der Waals surface area contributed by atoms with Crippen molar-refractivity contribution in [1.29, 1.82) is 5.26 Å². The third-order valence-electron chi connectivity index (χ3n) is 3.87. The largest absolute Gasteiger partial charge is 0.384 e. The van der Waals surface area contributed by atoms with Crippen molar-refractivity contribution >= 4 is 17.7 Å². The summed E-state index contributed by atoms with van der Waals surface area (Å²) >= 11 is 0. The summed E-state index contributed by atoms with van der Waals surface area (Å²) in [6, 6.07) is 11.2. The second kappa shape index (κ2) is 7.49. The highest BCUT2D eigenvalue weighted by molar-refractivity contribution is 6.13. The molecule has 0 fully saturated rings. The molecular formula is C19H18N4O3. The number of nitriles is 1. The number of anilines is 1. The molecule has 1 heterocycles. The van der Waals surface area contributed by atoms with E-state index >= 15 is 0 Å². The summed E-state index contributed by atoms with van der Waals surface area (Å²) in [4.78, 5) is 36.8. The van der Waals surface area contributed by atoms with E-state index in [1.807, 2.05) is 30.3 Å². The van der Waals surface area contributed by atoms with Crippen molar-refractivity contribution in [3.63, 3.8) is 0 Å². The Bertz CT molecular complexity index is 1080. The Balaban J connectivity index is 2.55. The third kappa shape index (κ3) is 3.54. The monoisotopic (exact) mass is 350 g/mol. The Morgan fingerprint density at radius 3 is 2.35 bits per heavy atom. The van der Waals surface area contributed by atoms with E-state index in [4.69, 9.17) is 5.73 Å². The van der Waals surface area contributed by atoms with Gasteiger partial charge in [0, 0.05) is 14.1 Å². The van der Waals surface area contributed by atoms with Crippen LogP contribution in [0.5, 0.6) is 0 Å². The van der Waals surface area contributed by atoms with Crippen molar-refractivity contribution in [2.45, 2.75) is 6.92 Å². The number of carbonyl (C=O) groups is 1. The average molecular weight is 350 g/mol. The summed E-state index contributed by atoms with van der Waals surface area (Å²) < 4.78 is 1.78. The van der Waals surface area contributed by atoms with E-state index in [1.165, 1.54) is 20.2 Å². The van der Waals surface area contributed by atoms with Crippen LogP contribution in [0.4, 0.5) is 5.82 Å². The van der Waals surface area contributed by atoms with Gasteiger partial charge in [-0.3, -0.25) is 18.7 Å². The average Bonchev–Trinajstić information content (AvgIpc) is 2.63. The number of carbonyl (C=O) groups excluding carboxylic acids is 1. The summed E-state index contributed by atoms with van der Waals surface area (Å²) in [5, 5.41) is 9.36. The van der Waals surface area contributed by atoms with E-state index in [0.717, 1.165) is 14.7 Å². The highest BCUT2D eigenvalue weighted by Gasteiger charge is 2.23. The topological polar surface area (TPSA) is 111 Å². The SMILES string of the molecule is CC(=C\c1ccccc1)/C=C(\C#N)C(=O)c1c(N)n(C)c(=O)n(C)c1=O. The van der Waals surface area contributed by atoms with Gasteiger partial charge in [-0.1, -0.05) is 36.4 Å². The van der Waals surface area contributed by atoms with Gasteiger partial charge in [0.25, 0.3) is 5.56 Å². The Hall–Kier alpha value is -3.66. The molecule has 7 nitrogen and oxygen atoms in total. The van der Waals surface area contributed by atoms with Crippen LogP contribution >= 0.6 is 0 Å². The molecule has 26 heavy (non-hydrogen) atoms. The van der Waals surface area contributed by atoms with E-state index in [-0.39, 0.29) is 11.4 Å². The van der Waals surface area contributed by atoms with Crippen LogP contribution in [0.2, 0.25) is 0 Å². The number of rotatable bonds is 4. The van der Waals surface area contributed by atoms with E-state index in [2.05, 4.69) is 0 Å². The molecule has 0 aliphatic heterocycles. The van der Waals surface area contributed by atoms with Gasteiger partial charge in [0.05, 0.1) is 0 Å². The molecule has 1 aromatic carbocycles. The molecule has 0 atom stereocenters. The normalized spacial score (nSPS) is 11.9. The second-order valence-electron chi connectivity index (χ2n) is 5.76. The van der Waals surface area contributed by atoms with Gasteiger partial charge in [-0.25, -0.2) is 4.79 Å². The van der Waals surface area contributed by atoms with Gasteiger partial charge >= 0.3 is 5.69 Å². The molecule has 0 aliphatic carbocycles. The lowest BCUT2D eigenvalue weighted by Crippen LogP contribution is -2.41. The molecule has 1 aromatic heterocycles. The highest BCUT2D eigenvalue weighted by Crippen LogP contribution is 2.14. The number of aromatic nitrogens is 2. The number of nitrogens with two attached hydrogens (primary N) is 1. The quantitative estimate of drug-likeness (QED) is 0.388. The lowest BCUT2D eigenvalue weighted by molar-refractivity contribution is 0.103. The summed E-state index contributed by atoms with van der Waals surface area (Å²) in [6.45, 7) is 1.74. The van der Waals surface area contributed by atoms with Gasteiger partial charge in [0.1, 0.15) is 23.0 Å². The molecule has 0 saturated heterocycles. The molecule has 0 aliphatic rings. The van der Waals surface area contributed by atoms with E-state index in [9.17, 15) is 19.6 Å². The maximum absolute atomic E-state index is 12.7. The van der Waals surface area contributed by atoms with E-state index in [0.29, 0.717) is 5.57 Å². The maximum atomic E-state index is 12.7. The zero-order valence-electron chi connectivity index (χ0n) is 14.7. The van der Waals surface area contributed by atoms with Gasteiger partial charge in [-0.2, -0.15) is 5.26 Å². The van der Waals surface area contributed by atoms with Crippen molar-refractivity contribution in [1.82, 2.24) is 9.13 Å².